The summed E-state index contributed by atoms with van der Waals surface area (Å²) in [6.07, 6.45) is 0. The molecular weight excluding hydrogens is 282 g/mol. The molecule has 0 aliphatic carbocycles. The number of carbonyl (C=O) groups is 1. The third kappa shape index (κ3) is 3.22. The topological polar surface area (TPSA) is 63.3 Å². The molecule has 0 bridgehead atoms. The van der Waals surface area contributed by atoms with Gasteiger partial charge in [-0.05, 0) is 23.8 Å². The molecule has 0 spiro atoms. The molecule has 0 unspecified atom stereocenters. The Bertz CT molecular complexity index is 616. The zero-order valence-corrected chi connectivity index (χ0v) is 11.5. The predicted molar refractivity (Wildman–Crippen MR) is 78.8 cm³/mol. The van der Waals surface area contributed by atoms with E-state index in [1.54, 1.807) is 24.3 Å². The maximum atomic E-state index is 11.2. The van der Waals surface area contributed by atoms with Gasteiger partial charge in [0, 0.05) is 16.3 Å². The van der Waals surface area contributed by atoms with Gasteiger partial charge >= 0.3 is 5.97 Å². The van der Waals surface area contributed by atoms with E-state index in [2.05, 4.69) is 0 Å². The number of benzene rings is 2. The molecule has 3 nitrogen and oxygen atoms in total. The van der Waals surface area contributed by atoms with Crippen LogP contribution in [0.3, 0.4) is 0 Å². The highest BCUT2D eigenvalue weighted by Gasteiger charge is 2.13. The van der Waals surface area contributed by atoms with Gasteiger partial charge in [-0.15, -0.1) is 11.8 Å². The molecule has 0 amide bonds. The van der Waals surface area contributed by atoms with Crippen molar-refractivity contribution < 1.29 is 9.90 Å². The lowest BCUT2D eigenvalue weighted by Gasteiger charge is -2.09. The van der Waals surface area contributed by atoms with Crippen molar-refractivity contribution in [3.05, 3.63) is 58.6 Å². The van der Waals surface area contributed by atoms with Gasteiger partial charge in [0.15, 0.2) is 0 Å². The Morgan fingerprint density at radius 3 is 2.63 bits per heavy atom. The van der Waals surface area contributed by atoms with E-state index in [4.69, 9.17) is 17.3 Å². The fourth-order valence-electron chi connectivity index (χ4n) is 1.72. The van der Waals surface area contributed by atoms with Crippen molar-refractivity contribution in [1.29, 1.82) is 0 Å². The fraction of sp³-hybridized carbons (Fsp3) is 0.0714. The number of nitrogen functional groups attached to an aromatic ring is 1. The van der Waals surface area contributed by atoms with Crippen molar-refractivity contribution in [1.82, 2.24) is 0 Å². The molecule has 0 saturated heterocycles. The molecule has 0 saturated carbocycles. The summed E-state index contributed by atoms with van der Waals surface area (Å²) in [5.41, 5.74) is 6.85. The molecule has 0 radical (unpaired) electrons. The highest BCUT2D eigenvalue weighted by Crippen LogP contribution is 2.31. The monoisotopic (exact) mass is 293 g/mol. The molecule has 0 aliphatic heterocycles. The van der Waals surface area contributed by atoms with E-state index in [1.807, 2.05) is 18.2 Å². The van der Waals surface area contributed by atoms with Crippen molar-refractivity contribution >= 4 is 35.0 Å². The highest BCUT2D eigenvalue weighted by molar-refractivity contribution is 7.98. The molecule has 98 valence electrons. The summed E-state index contributed by atoms with van der Waals surface area (Å²) in [5.74, 6) is -0.496. The summed E-state index contributed by atoms with van der Waals surface area (Å²) in [6, 6.07) is 12.6. The minimum absolute atomic E-state index is 0.169. The standard InChI is InChI=1S/C14H12ClNO2S/c15-10-5-1-2-7-12(10)19-8-9-4-3-6-11(16)13(9)14(17)18/h1-7H,8,16H2,(H,17,18). The molecule has 0 aromatic heterocycles. The first kappa shape index (κ1) is 13.8. The quantitative estimate of drug-likeness (QED) is 0.662. The van der Waals surface area contributed by atoms with Gasteiger partial charge < -0.3 is 10.8 Å². The van der Waals surface area contributed by atoms with Gasteiger partial charge in [-0.3, -0.25) is 0 Å². The Hall–Kier alpha value is -1.65. The number of carboxylic acid groups (broad SMARTS) is 1. The first-order chi connectivity index (χ1) is 9.09. The van der Waals surface area contributed by atoms with E-state index in [9.17, 15) is 9.90 Å². The zero-order chi connectivity index (χ0) is 13.8. The minimum atomic E-state index is -1.01. The number of nitrogens with two attached hydrogens (primary N) is 1. The molecule has 19 heavy (non-hydrogen) atoms. The Morgan fingerprint density at radius 2 is 1.95 bits per heavy atom. The third-order valence-electron chi connectivity index (χ3n) is 2.62. The third-order valence-corrected chi connectivity index (χ3v) is 4.18. The van der Waals surface area contributed by atoms with Crippen LogP contribution in [0.4, 0.5) is 5.69 Å². The molecule has 2 aromatic carbocycles. The van der Waals surface area contributed by atoms with E-state index in [1.165, 1.54) is 11.8 Å². The van der Waals surface area contributed by atoms with Crippen molar-refractivity contribution in [3.8, 4) is 0 Å². The minimum Gasteiger partial charge on any atom is -0.478 e. The molecule has 0 heterocycles. The van der Waals surface area contributed by atoms with Crippen LogP contribution in [0.2, 0.25) is 5.02 Å². The Labute approximate surface area is 120 Å². The van der Waals surface area contributed by atoms with Crippen LogP contribution in [-0.2, 0) is 5.75 Å². The Balaban J connectivity index is 2.23. The highest BCUT2D eigenvalue weighted by atomic mass is 35.5. The summed E-state index contributed by atoms with van der Waals surface area (Å²) < 4.78 is 0. The van der Waals surface area contributed by atoms with Gasteiger partial charge in [0.05, 0.1) is 10.6 Å². The first-order valence-electron chi connectivity index (χ1n) is 5.57. The second kappa shape index (κ2) is 5.99. The van der Waals surface area contributed by atoms with Crippen LogP contribution >= 0.6 is 23.4 Å². The van der Waals surface area contributed by atoms with E-state index < -0.39 is 5.97 Å². The van der Waals surface area contributed by atoms with Gasteiger partial charge in [0.25, 0.3) is 0 Å². The zero-order valence-electron chi connectivity index (χ0n) is 9.97. The number of halogens is 1. The summed E-state index contributed by atoms with van der Waals surface area (Å²) >= 11 is 7.55. The van der Waals surface area contributed by atoms with Crippen molar-refractivity contribution in [3.63, 3.8) is 0 Å². The summed E-state index contributed by atoms with van der Waals surface area (Å²) in [4.78, 5) is 12.1. The SMILES string of the molecule is Nc1cccc(CSc2ccccc2Cl)c1C(=O)O. The van der Waals surface area contributed by atoms with E-state index in [0.717, 1.165) is 4.90 Å². The van der Waals surface area contributed by atoms with Crippen LogP contribution in [0.5, 0.6) is 0 Å². The Kier molecular flexibility index (Phi) is 4.35. The largest absolute Gasteiger partial charge is 0.478 e. The van der Waals surface area contributed by atoms with Crippen molar-refractivity contribution in [2.75, 3.05) is 5.73 Å². The van der Waals surface area contributed by atoms with Crippen LogP contribution in [0.15, 0.2) is 47.4 Å². The van der Waals surface area contributed by atoms with Gasteiger partial charge in [-0.25, -0.2) is 4.79 Å². The van der Waals surface area contributed by atoms with Gasteiger partial charge in [0.2, 0.25) is 0 Å². The van der Waals surface area contributed by atoms with Crippen LogP contribution in [0.25, 0.3) is 0 Å². The molecule has 2 rings (SSSR count). The molecule has 5 heteroatoms. The lowest BCUT2D eigenvalue weighted by molar-refractivity contribution is 0.0697. The molecule has 0 aliphatic rings. The van der Waals surface area contributed by atoms with Gasteiger partial charge in [0.1, 0.15) is 0 Å². The smallest absolute Gasteiger partial charge is 0.338 e. The normalized spacial score (nSPS) is 10.4. The van der Waals surface area contributed by atoms with Gasteiger partial charge in [-0.1, -0.05) is 35.9 Å². The second-order valence-corrected chi connectivity index (χ2v) is 5.33. The molecule has 0 fully saturated rings. The number of carboxylic acids is 1. The van der Waals surface area contributed by atoms with Crippen LogP contribution in [0, 0.1) is 0 Å². The maximum absolute atomic E-state index is 11.2. The van der Waals surface area contributed by atoms with E-state index in [0.29, 0.717) is 16.3 Å². The van der Waals surface area contributed by atoms with Crippen molar-refractivity contribution in [2.24, 2.45) is 0 Å². The second-order valence-electron chi connectivity index (χ2n) is 3.91. The fourth-order valence-corrected chi connectivity index (χ4v) is 2.95. The summed E-state index contributed by atoms with van der Waals surface area (Å²) in [7, 11) is 0. The number of anilines is 1. The molecule has 0 atom stereocenters. The molecule has 2 aromatic rings. The van der Waals surface area contributed by atoms with Gasteiger partial charge in [-0.2, -0.15) is 0 Å². The maximum Gasteiger partial charge on any atom is 0.338 e. The number of rotatable bonds is 4. The average molecular weight is 294 g/mol. The van der Waals surface area contributed by atoms with Crippen LogP contribution in [0.1, 0.15) is 15.9 Å². The van der Waals surface area contributed by atoms with Crippen LogP contribution in [-0.4, -0.2) is 11.1 Å². The lowest BCUT2D eigenvalue weighted by atomic mass is 10.1. The van der Waals surface area contributed by atoms with Crippen LogP contribution < -0.4 is 5.73 Å². The molecular formula is C14H12ClNO2S. The number of aromatic carboxylic acids is 1. The number of hydrogen-bond acceptors (Lipinski definition) is 3. The number of hydrogen-bond donors (Lipinski definition) is 2. The number of thioether (sulfide) groups is 1. The van der Waals surface area contributed by atoms with Crippen molar-refractivity contribution in [2.45, 2.75) is 10.6 Å². The summed E-state index contributed by atoms with van der Waals surface area (Å²) in [6.45, 7) is 0. The summed E-state index contributed by atoms with van der Waals surface area (Å²) in [5, 5.41) is 9.84. The van der Waals surface area contributed by atoms with E-state index >= 15 is 0 Å². The predicted octanol–water partition coefficient (Wildman–Crippen LogP) is 3.91. The molecule has 3 N–H and O–H groups in total. The lowest BCUT2D eigenvalue weighted by Crippen LogP contribution is -2.06. The first-order valence-corrected chi connectivity index (χ1v) is 6.94. The Morgan fingerprint density at radius 1 is 1.21 bits per heavy atom. The van der Waals surface area contributed by atoms with E-state index in [-0.39, 0.29) is 11.3 Å². The average Bonchev–Trinajstić information content (AvgIpc) is 2.37.